The minimum atomic E-state index is 0.157. The van der Waals surface area contributed by atoms with Crippen LogP contribution in [0.2, 0.25) is 0 Å². The maximum absolute atomic E-state index is 11.2. The van der Waals surface area contributed by atoms with E-state index in [-0.39, 0.29) is 12.0 Å². The molecule has 0 radical (unpaired) electrons. The molecule has 0 aromatic carbocycles. The Morgan fingerprint density at radius 3 is 2.91 bits per heavy atom. The molecule has 172 valence electrons. The van der Waals surface area contributed by atoms with Crippen LogP contribution in [0.3, 0.4) is 0 Å². The number of likely N-dealkylation sites (tertiary alicyclic amines) is 1. The number of carbonyl (C=O) groups is 1. The van der Waals surface area contributed by atoms with Crippen molar-refractivity contribution in [1.82, 2.24) is 29.8 Å². The van der Waals surface area contributed by atoms with Gasteiger partial charge in [-0.05, 0) is 32.8 Å². The normalized spacial score (nSPS) is 16.1. The van der Waals surface area contributed by atoms with Crippen molar-refractivity contribution in [2.45, 2.75) is 38.6 Å². The number of anilines is 1. The maximum Gasteiger partial charge on any atom is 0.209 e. The first-order valence-electron chi connectivity index (χ1n) is 11.2. The molecule has 1 atom stereocenters. The maximum atomic E-state index is 11.2. The van der Waals surface area contributed by atoms with Gasteiger partial charge in [-0.2, -0.15) is 15.0 Å². The summed E-state index contributed by atoms with van der Waals surface area (Å²) in [6, 6.07) is 7.85. The average molecular weight is 457 g/mol. The number of piperidine rings is 1. The van der Waals surface area contributed by atoms with E-state index in [1.807, 2.05) is 12.1 Å². The predicted molar refractivity (Wildman–Crippen MR) is 125 cm³/mol. The fourth-order valence-electron chi connectivity index (χ4n) is 4.29. The second kappa shape index (κ2) is 8.94. The molecule has 10 heteroatoms. The highest BCUT2D eigenvalue weighted by Crippen LogP contribution is 2.33. The first-order valence-corrected chi connectivity index (χ1v) is 11.2. The topological polar surface area (TPSA) is 126 Å². The van der Waals surface area contributed by atoms with E-state index in [0.29, 0.717) is 29.3 Å². The van der Waals surface area contributed by atoms with Crippen molar-refractivity contribution in [2.24, 2.45) is 0 Å². The van der Waals surface area contributed by atoms with Crippen LogP contribution in [0.15, 0.2) is 41.3 Å². The van der Waals surface area contributed by atoms with E-state index < -0.39 is 0 Å². The molecule has 5 heterocycles. The number of nitriles is 1. The van der Waals surface area contributed by atoms with Crippen LogP contribution < -0.4 is 5.32 Å². The van der Waals surface area contributed by atoms with E-state index in [2.05, 4.69) is 45.5 Å². The van der Waals surface area contributed by atoms with Crippen LogP contribution in [-0.2, 0) is 4.79 Å². The van der Waals surface area contributed by atoms with Crippen LogP contribution in [0.25, 0.3) is 28.2 Å². The minimum absolute atomic E-state index is 0.157. The SMILES string of the molecule is CC(C)Nc1cc(-n2ncc3cc(C#N)cnc32)ncc1-c1cc(C2CCCN(C=O)C2)no1. The van der Waals surface area contributed by atoms with Crippen molar-refractivity contribution in [3.05, 3.63) is 48.0 Å². The summed E-state index contributed by atoms with van der Waals surface area (Å²) in [5, 5.41) is 22.1. The lowest BCUT2D eigenvalue weighted by Crippen LogP contribution is -2.33. The highest BCUT2D eigenvalue weighted by Gasteiger charge is 2.24. The molecule has 5 rings (SSSR count). The van der Waals surface area contributed by atoms with Gasteiger partial charge < -0.3 is 14.7 Å². The second-order valence-electron chi connectivity index (χ2n) is 8.75. The molecule has 10 nitrogen and oxygen atoms in total. The number of pyridine rings is 2. The van der Waals surface area contributed by atoms with Gasteiger partial charge in [0, 0.05) is 55.0 Å². The molecule has 1 amide bonds. The zero-order valence-corrected chi connectivity index (χ0v) is 19.0. The van der Waals surface area contributed by atoms with Crippen molar-refractivity contribution >= 4 is 23.1 Å². The molecule has 0 aliphatic carbocycles. The summed E-state index contributed by atoms with van der Waals surface area (Å²) >= 11 is 0. The number of carbonyl (C=O) groups excluding carboxylic acids is 1. The summed E-state index contributed by atoms with van der Waals surface area (Å²) in [5.74, 6) is 1.36. The summed E-state index contributed by atoms with van der Waals surface area (Å²) in [6.07, 6.45) is 7.75. The number of hydrogen-bond acceptors (Lipinski definition) is 8. The van der Waals surface area contributed by atoms with Gasteiger partial charge in [0.25, 0.3) is 0 Å². The minimum Gasteiger partial charge on any atom is -0.382 e. The molecular formula is C24H24N8O2. The average Bonchev–Trinajstić information content (AvgIpc) is 3.51. The molecule has 1 saturated heterocycles. The molecule has 0 saturated carbocycles. The number of fused-ring (bicyclic) bond motifs is 1. The Hall–Kier alpha value is -4.26. The lowest BCUT2D eigenvalue weighted by atomic mass is 9.94. The smallest absolute Gasteiger partial charge is 0.209 e. The molecule has 1 unspecified atom stereocenters. The van der Waals surface area contributed by atoms with Gasteiger partial charge in [-0.1, -0.05) is 5.16 Å². The number of hydrogen-bond donors (Lipinski definition) is 1. The zero-order chi connectivity index (χ0) is 23.7. The second-order valence-corrected chi connectivity index (χ2v) is 8.75. The van der Waals surface area contributed by atoms with E-state index in [9.17, 15) is 4.79 Å². The Morgan fingerprint density at radius 2 is 2.12 bits per heavy atom. The number of nitrogens with one attached hydrogen (secondary N) is 1. The third-order valence-corrected chi connectivity index (χ3v) is 5.90. The molecular weight excluding hydrogens is 432 g/mol. The molecule has 1 aliphatic rings. The van der Waals surface area contributed by atoms with Crippen LogP contribution in [0, 0.1) is 11.3 Å². The Bertz CT molecular complexity index is 1380. The highest BCUT2D eigenvalue weighted by atomic mass is 16.5. The van der Waals surface area contributed by atoms with Crippen molar-refractivity contribution in [3.63, 3.8) is 0 Å². The fourth-order valence-corrected chi connectivity index (χ4v) is 4.29. The fraction of sp³-hybridized carbons (Fsp3) is 0.333. The lowest BCUT2D eigenvalue weighted by molar-refractivity contribution is -0.119. The van der Waals surface area contributed by atoms with E-state index in [1.54, 1.807) is 28.0 Å². The monoisotopic (exact) mass is 456 g/mol. The van der Waals surface area contributed by atoms with Gasteiger partial charge in [0.2, 0.25) is 6.41 Å². The first-order chi connectivity index (χ1) is 16.6. The molecule has 34 heavy (non-hydrogen) atoms. The Kier molecular flexibility index (Phi) is 5.67. The van der Waals surface area contributed by atoms with Gasteiger partial charge in [0.1, 0.15) is 6.07 Å². The lowest BCUT2D eigenvalue weighted by Gasteiger charge is -2.28. The summed E-state index contributed by atoms with van der Waals surface area (Å²) in [7, 11) is 0. The Labute approximate surface area is 196 Å². The van der Waals surface area contributed by atoms with Gasteiger partial charge in [0.15, 0.2) is 17.2 Å². The summed E-state index contributed by atoms with van der Waals surface area (Å²) in [5.41, 5.74) is 3.56. The van der Waals surface area contributed by atoms with Crippen molar-refractivity contribution in [2.75, 3.05) is 18.4 Å². The van der Waals surface area contributed by atoms with Crippen LogP contribution in [-0.4, -0.2) is 55.3 Å². The number of nitrogens with zero attached hydrogens (tertiary/aromatic N) is 7. The van der Waals surface area contributed by atoms with Gasteiger partial charge in [-0.25, -0.2) is 9.97 Å². The quantitative estimate of drug-likeness (QED) is 0.437. The molecule has 1 aliphatic heterocycles. The van der Waals surface area contributed by atoms with E-state index in [4.69, 9.17) is 9.78 Å². The van der Waals surface area contributed by atoms with Crippen molar-refractivity contribution in [1.29, 1.82) is 5.26 Å². The predicted octanol–water partition coefficient (Wildman–Crippen LogP) is 3.50. The van der Waals surface area contributed by atoms with Crippen LogP contribution in [0.1, 0.15) is 43.9 Å². The molecule has 4 aromatic rings. The van der Waals surface area contributed by atoms with Gasteiger partial charge in [0.05, 0.1) is 28.7 Å². The number of amides is 1. The van der Waals surface area contributed by atoms with Gasteiger partial charge in [-0.15, -0.1) is 0 Å². The van der Waals surface area contributed by atoms with E-state index >= 15 is 0 Å². The zero-order valence-electron chi connectivity index (χ0n) is 19.0. The molecule has 4 aromatic heterocycles. The van der Waals surface area contributed by atoms with E-state index in [1.165, 1.54) is 6.20 Å². The highest BCUT2D eigenvalue weighted by molar-refractivity contribution is 5.79. The van der Waals surface area contributed by atoms with Crippen molar-refractivity contribution < 1.29 is 9.32 Å². The third-order valence-electron chi connectivity index (χ3n) is 5.90. The van der Waals surface area contributed by atoms with E-state index in [0.717, 1.165) is 48.1 Å². The Balaban J connectivity index is 1.50. The molecule has 0 bridgehead atoms. The Morgan fingerprint density at radius 1 is 1.24 bits per heavy atom. The van der Waals surface area contributed by atoms with Crippen LogP contribution >= 0.6 is 0 Å². The van der Waals surface area contributed by atoms with Gasteiger partial charge >= 0.3 is 0 Å². The van der Waals surface area contributed by atoms with Crippen molar-refractivity contribution in [3.8, 4) is 23.2 Å². The molecule has 1 N–H and O–H groups in total. The van der Waals surface area contributed by atoms with Crippen LogP contribution in [0.5, 0.6) is 0 Å². The summed E-state index contributed by atoms with van der Waals surface area (Å²) in [4.78, 5) is 22.0. The molecule has 0 spiro atoms. The largest absolute Gasteiger partial charge is 0.382 e. The standard InChI is InChI=1S/C24H24N8O2/c1-15(2)29-21-8-23(32-24-18(11-28-32)6-16(9-25)10-27-24)26-12-19(21)22-7-20(30-34-22)17-4-3-5-31(13-17)14-33/h6-8,10-12,14-15,17H,3-5,13H2,1-2H3,(H,26,29). The summed E-state index contributed by atoms with van der Waals surface area (Å²) in [6.45, 7) is 5.55. The number of rotatable bonds is 6. The van der Waals surface area contributed by atoms with Crippen LogP contribution in [0.4, 0.5) is 5.69 Å². The summed E-state index contributed by atoms with van der Waals surface area (Å²) < 4.78 is 7.37. The molecule has 1 fully saturated rings. The number of aromatic nitrogens is 5. The third kappa shape index (κ3) is 4.08. The van der Waals surface area contributed by atoms with Gasteiger partial charge in [-0.3, -0.25) is 4.79 Å². The first kappa shape index (κ1) is 21.6.